The Morgan fingerprint density at radius 1 is 1.25 bits per heavy atom. The molecule has 1 fully saturated rings. The van der Waals surface area contributed by atoms with Gasteiger partial charge in [0.15, 0.2) is 0 Å². The van der Waals surface area contributed by atoms with Crippen molar-refractivity contribution in [3.8, 4) is 0 Å². The van der Waals surface area contributed by atoms with E-state index < -0.39 is 12.1 Å². The molecule has 0 amide bonds. The molecule has 0 aromatic carbocycles. The van der Waals surface area contributed by atoms with Crippen LogP contribution < -0.4 is 0 Å². The normalized spacial score (nSPS) is 38.9. The van der Waals surface area contributed by atoms with Gasteiger partial charge in [-0.3, -0.25) is 4.79 Å². The number of fused-ring (bicyclic) bond motifs is 1. The van der Waals surface area contributed by atoms with Crippen molar-refractivity contribution in [2.24, 2.45) is 11.8 Å². The van der Waals surface area contributed by atoms with Gasteiger partial charge in [-0.1, -0.05) is 12.2 Å². The summed E-state index contributed by atoms with van der Waals surface area (Å²) in [5, 5.41) is 10.2. The molecule has 4 atom stereocenters. The maximum Gasteiger partial charge on any atom is 0.330 e. The number of aliphatic hydroxyl groups excluding tert-OH is 1. The lowest BCUT2D eigenvalue weighted by Crippen LogP contribution is -2.21. The van der Waals surface area contributed by atoms with Crippen LogP contribution in [0.15, 0.2) is 24.3 Å². The van der Waals surface area contributed by atoms with Crippen LogP contribution in [0.2, 0.25) is 0 Å². The quantitative estimate of drug-likeness (QED) is 0.545. The second kappa shape index (κ2) is 6.84. The van der Waals surface area contributed by atoms with Crippen LogP contribution >= 0.6 is 0 Å². The number of hydrogen-bond donors (Lipinski definition) is 1. The van der Waals surface area contributed by atoms with Crippen LogP contribution in [0.5, 0.6) is 0 Å². The van der Waals surface area contributed by atoms with E-state index in [4.69, 9.17) is 4.74 Å². The van der Waals surface area contributed by atoms with Gasteiger partial charge in [0.25, 0.3) is 0 Å². The fourth-order valence-corrected chi connectivity index (χ4v) is 2.91. The molecule has 0 radical (unpaired) electrons. The van der Waals surface area contributed by atoms with Crippen molar-refractivity contribution in [3.05, 3.63) is 24.3 Å². The molecule has 0 saturated heterocycles. The smallest absolute Gasteiger partial charge is 0.330 e. The van der Waals surface area contributed by atoms with Gasteiger partial charge in [-0.2, -0.15) is 0 Å². The molecule has 0 aromatic heterocycles. The Morgan fingerprint density at radius 2 is 2.05 bits per heavy atom. The summed E-state index contributed by atoms with van der Waals surface area (Å²) in [5.74, 6) is -0.289. The number of carbonyl (C=O) groups is 2. The first-order valence-corrected chi connectivity index (χ1v) is 7.31. The molecule has 0 spiro atoms. The first-order valence-electron chi connectivity index (χ1n) is 7.31. The highest BCUT2D eigenvalue weighted by molar-refractivity contribution is 5.83. The van der Waals surface area contributed by atoms with E-state index in [2.05, 4.69) is 12.2 Å². The predicted molar refractivity (Wildman–Crippen MR) is 74.9 cm³/mol. The van der Waals surface area contributed by atoms with E-state index in [1.165, 1.54) is 12.2 Å². The molecule has 4 nitrogen and oxygen atoms in total. The SMILES string of the molecule is CC1CCC/C=C/C2CC(=O)CC2C(O)/C=C/C(=O)O1. The topological polar surface area (TPSA) is 63.6 Å². The number of Topliss-reactive ketones (excluding diaryl/α,β-unsaturated/α-hetero) is 1. The van der Waals surface area contributed by atoms with Gasteiger partial charge in [0, 0.05) is 24.8 Å². The van der Waals surface area contributed by atoms with Crippen LogP contribution in [0.25, 0.3) is 0 Å². The van der Waals surface area contributed by atoms with Crippen LogP contribution in [0.1, 0.15) is 39.0 Å². The van der Waals surface area contributed by atoms with Gasteiger partial charge in [0.1, 0.15) is 5.78 Å². The van der Waals surface area contributed by atoms with Crippen LogP contribution in [0.3, 0.4) is 0 Å². The van der Waals surface area contributed by atoms with Crippen LogP contribution in [0, 0.1) is 11.8 Å². The van der Waals surface area contributed by atoms with Gasteiger partial charge in [-0.15, -0.1) is 0 Å². The summed E-state index contributed by atoms with van der Waals surface area (Å²) >= 11 is 0. The molecule has 2 aliphatic rings. The number of ether oxygens (including phenoxy) is 1. The summed E-state index contributed by atoms with van der Waals surface area (Å²) in [6.07, 6.45) is 9.53. The van der Waals surface area contributed by atoms with Gasteiger partial charge in [0.05, 0.1) is 12.2 Å². The van der Waals surface area contributed by atoms with Crippen molar-refractivity contribution in [3.63, 3.8) is 0 Å². The lowest BCUT2D eigenvalue weighted by molar-refractivity contribution is -0.142. The van der Waals surface area contributed by atoms with Crippen LogP contribution in [-0.4, -0.2) is 29.1 Å². The third kappa shape index (κ3) is 4.04. The van der Waals surface area contributed by atoms with E-state index in [-0.39, 0.29) is 23.7 Å². The zero-order chi connectivity index (χ0) is 14.5. The fraction of sp³-hybridized carbons (Fsp3) is 0.625. The second-order valence-corrected chi connectivity index (χ2v) is 5.73. The molecule has 1 aliphatic carbocycles. The molecular formula is C16H22O4. The number of ketones is 1. The summed E-state index contributed by atoms with van der Waals surface area (Å²) in [5.41, 5.74) is 0. The molecule has 1 N–H and O–H groups in total. The van der Waals surface area contributed by atoms with Crippen molar-refractivity contribution < 1.29 is 19.4 Å². The molecule has 1 saturated carbocycles. The molecule has 0 aromatic rings. The second-order valence-electron chi connectivity index (χ2n) is 5.73. The Balaban J connectivity index is 2.13. The maximum absolute atomic E-state index is 11.6. The summed E-state index contributed by atoms with van der Waals surface area (Å²) < 4.78 is 5.22. The van der Waals surface area contributed by atoms with Crippen molar-refractivity contribution >= 4 is 11.8 Å². The van der Waals surface area contributed by atoms with Gasteiger partial charge in [0.2, 0.25) is 0 Å². The van der Waals surface area contributed by atoms with E-state index >= 15 is 0 Å². The molecular weight excluding hydrogens is 256 g/mol. The first kappa shape index (κ1) is 15.0. The van der Waals surface area contributed by atoms with Crippen molar-refractivity contribution in [2.75, 3.05) is 0 Å². The zero-order valence-corrected chi connectivity index (χ0v) is 11.8. The average Bonchev–Trinajstić information content (AvgIpc) is 2.76. The number of allylic oxidation sites excluding steroid dienone is 2. The van der Waals surface area contributed by atoms with Crippen LogP contribution in [0.4, 0.5) is 0 Å². The Hall–Kier alpha value is -1.42. The molecule has 1 aliphatic heterocycles. The molecule has 4 unspecified atom stereocenters. The van der Waals surface area contributed by atoms with Gasteiger partial charge < -0.3 is 9.84 Å². The Labute approximate surface area is 119 Å². The molecule has 1 heterocycles. The highest BCUT2D eigenvalue weighted by Gasteiger charge is 2.35. The Morgan fingerprint density at radius 3 is 2.85 bits per heavy atom. The van der Waals surface area contributed by atoms with Crippen molar-refractivity contribution in [1.29, 1.82) is 0 Å². The minimum absolute atomic E-state index is 0.0800. The van der Waals surface area contributed by atoms with Crippen molar-refractivity contribution in [2.45, 2.75) is 51.2 Å². The molecule has 0 bridgehead atoms. The van der Waals surface area contributed by atoms with E-state index in [0.29, 0.717) is 12.8 Å². The largest absolute Gasteiger partial charge is 0.460 e. The number of cyclic esters (lactones) is 1. The number of rotatable bonds is 0. The number of carbonyl (C=O) groups excluding carboxylic acids is 2. The highest BCUT2D eigenvalue weighted by atomic mass is 16.5. The highest BCUT2D eigenvalue weighted by Crippen LogP contribution is 2.33. The Bertz CT molecular complexity index is 424. The first-order chi connectivity index (χ1) is 9.56. The van der Waals surface area contributed by atoms with E-state index in [1.807, 2.05) is 6.92 Å². The molecule has 2 rings (SSSR count). The standard InChI is InChI=1S/C16H22O4/c1-11-5-3-2-4-6-12-9-13(17)10-14(12)15(18)7-8-16(19)20-11/h4,6-8,11-12,14-15,18H,2-3,5,9-10H2,1H3/b6-4+,8-7+. The van der Waals surface area contributed by atoms with Gasteiger partial charge in [-0.05, 0) is 38.2 Å². The predicted octanol–water partition coefficient (Wildman–Crippen LogP) is 2.17. The van der Waals surface area contributed by atoms with Gasteiger partial charge in [-0.25, -0.2) is 4.79 Å². The minimum atomic E-state index is -0.778. The van der Waals surface area contributed by atoms with E-state index in [1.54, 1.807) is 0 Å². The zero-order valence-electron chi connectivity index (χ0n) is 11.8. The number of esters is 1. The fourth-order valence-electron chi connectivity index (χ4n) is 2.91. The number of hydrogen-bond acceptors (Lipinski definition) is 4. The van der Waals surface area contributed by atoms with Gasteiger partial charge >= 0.3 is 5.97 Å². The third-order valence-corrected chi connectivity index (χ3v) is 4.03. The van der Waals surface area contributed by atoms with Crippen LogP contribution in [-0.2, 0) is 14.3 Å². The summed E-state index contributed by atoms with van der Waals surface area (Å²) in [7, 11) is 0. The molecule has 110 valence electrons. The van der Waals surface area contributed by atoms with Crippen molar-refractivity contribution in [1.82, 2.24) is 0 Å². The summed E-state index contributed by atoms with van der Waals surface area (Å²) in [4.78, 5) is 23.2. The molecule has 20 heavy (non-hydrogen) atoms. The maximum atomic E-state index is 11.6. The lowest BCUT2D eigenvalue weighted by atomic mass is 9.90. The molecule has 4 heteroatoms. The number of aliphatic hydroxyl groups is 1. The lowest BCUT2D eigenvalue weighted by Gasteiger charge is -2.19. The third-order valence-electron chi connectivity index (χ3n) is 4.03. The monoisotopic (exact) mass is 278 g/mol. The average molecular weight is 278 g/mol. The van der Waals surface area contributed by atoms with E-state index in [9.17, 15) is 14.7 Å². The summed E-state index contributed by atoms with van der Waals surface area (Å²) in [6.45, 7) is 1.87. The van der Waals surface area contributed by atoms with E-state index in [0.717, 1.165) is 19.3 Å². The Kier molecular flexibility index (Phi) is 5.12. The minimum Gasteiger partial charge on any atom is -0.460 e. The summed E-state index contributed by atoms with van der Waals surface area (Å²) in [6, 6.07) is 0.